The van der Waals surface area contributed by atoms with Crippen LogP contribution in [0.15, 0.2) is 36.7 Å². The molecule has 0 fully saturated rings. The van der Waals surface area contributed by atoms with E-state index >= 15 is 0 Å². The van der Waals surface area contributed by atoms with Crippen molar-refractivity contribution in [3.8, 4) is 0 Å². The third-order valence-electron chi connectivity index (χ3n) is 4.43. The Morgan fingerprint density at radius 2 is 1.27 bits per heavy atom. The van der Waals surface area contributed by atoms with Crippen molar-refractivity contribution >= 4 is 30.4 Å². The molecule has 5 N–H and O–H groups in total. The van der Waals surface area contributed by atoms with Crippen molar-refractivity contribution in [3.63, 3.8) is 0 Å². The van der Waals surface area contributed by atoms with Gasteiger partial charge in [-0.2, -0.15) is 26.3 Å². The normalized spacial score (nSPS) is 12.7. The number of rotatable bonds is 7. The van der Waals surface area contributed by atoms with Gasteiger partial charge in [0.25, 0.3) is 0 Å². The van der Waals surface area contributed by atoms with E-state index in [1.54, 1.807) is 20.8 Å². The van der Waals surface area contributed by atoms with Crippen LogP contribution in [-0.2, 0) is 39.5 Å². The maximum atomic E-state index is 12.4. The van der Waals surface area contributed by atoms with E-state index in [-0.39, 0.29) is 38.2 Å². The van der Waals surface area contributed by atoms with Gasteiger partial charge in [0.15, 0.2) is 0 Å². The number of carboxylic acid groups (broad SMARTS) is 2. The largest absolute Gasteiger partial charge is 0.480 e. The summed E-state index contributed by atoms with van der Waals surface area (Å²) >= 11 is 0. The van der Waals surface area contributed by atoms with Crippen molar-refractivity contribution in [2.75, 3.05) is 0 Å². The number of hydrogen-bond donors (Lipinski definition) is 4. The van der Waals surface area contributed by atoms with Crippen LogP contribution >= 0.6 is 12.4 Å². The Labute approximate surface area is 237 Å². The van der Waals surface area contributed by atoms with Crippen molar-refractivity contribution in [2.24, 2.45) is 5.73 Å². The lowest BCUT2D eigenvalue weighted by Gasteiger charge is -2.22. The van der Waals surface area contributed by atoms with Crippen molar-refractivity contribution in [3.05, 3.63) is 59.2 Å². The number of carbonyl (C=O) groups excluding carboxylic acids is 1. The average Bonchev–Trinajstić information content (AvgIpc) is 2.77. The van der Waals surface area contributed by atoms with E-state index in [0.717, 1.165) is 30.6 Å². The van der Waals surface area contributed by atoms with Gasteiger partial charge in [0.1, 0.15) is 29.1 Å². The van der Waals surface area contributed by atoms with E-state index in [1.165, 1.54) is 6.07 Å². The fourth-order valence-electron chi connectivity index (χ4n) is 2.65. The smallest absolute Gasteiger partial charge is 0.433 e. The van der Waals surface area contributed by atoms with Crippen LogP contribution in [0.4, 0.5) is 31.1 Å². The second-order valence-electron chi connectivity index (χ2n) is 8.99. The number of carboxylic acids is 2. The maximum Gasteiger partial charge on any atom is 0.433 e. The molecule has 41 heavy (non-hydrogen) atoms. The highest BCUT2D eigenvalue weighted by Crippen LogP contribution is 2.28. The van der Waals surface area contributed by atoms with E-state index in [4.69, 9.17) is 20.7 Å². The van der Waals surface area contributed by atoms with Gasteiger partial charge >= 0.3 is 30.4 Å². The molecule has 232 valence electrons. The first-order valence-electron chi connectivity index (χ1n) is 10.9. The predicted molar refractivity (Wildman–Crippen MR) is 136 cm³/mol. The molecule has 0 spiro atoms. The van der Waals surface area contributed by atoms with Crippen LogP contribution in [0.1, 0.15) is 50.7 Å². The molecule has 10 nitrogen and oxygen atoms in total. The fraction of sp³-hybridized carbons (Fsp3) is 0.458. The number of pyridine rings is 2. The lowest BCUT2D eigenvalue weighted by Crippen LogP contribution is -2.44. The molecule has 0 bridgehead atoms. The molecule has 0 aliphatic carbocycles. The lowest BCUT2D eigenvalue weighted by molar-refractivity contribution is -0.142. The maximum absolute atomic E-state index is 12.4. The number of aromatic nitrogens is 2. The Morgan fingerprint density at radius 1 is 0.854 bits per heavy atom. The molecule has 2 atom stereocenters. The van der Waals surface area contributed by atoms with E-state index < -0.39 is 59.5 Å². The van der Waals surface area contributed by atoms with Crippen molar-refractivity contribution in [2.45, 2.75) is 71.1 Å². The molecule has 0 radical (unpaired) electrons. The number of alkyl carbamates (subject to hydrolysis) is 1. The Hall–Kier alpha value is -3.66. The number of aliphatic carboxylic acids is 2. The summed E-state index contributed by atoms with van der Waals surface area (Å²) in [4.78, 5) is 39.6. The molecule has 2 aromatic heterocycles. The van der Waals surface area contributed by atoms with Crippen LogP contribution in [0, 0.1) is 0 Å². The van der Waals surface area contributed by atoms with Crippen molar-refractivity contribution in [1.29, 1.82) is 0 Å². The zero-order valence-corrected chi connectivity index (χ0v) is 22.0. The SMILES string of the molecule is C.CC(C)(C)OC(=O)N[C@H](Cc1ccc(C(F)(F)F)nc1)C(=O)O.Cl.N[C@H](Cc1ccc(C(F)(F)F)nc1)C(=O)O. The molecule has 2 heterocycles. The van der Waals surface area contributed by atoms with Crippen LogP contribution in [-0.4, -0.2) is 55.9 Å². The molecule has 0 aromatic carbocycles. The molecule has 1 amide bonds. The van der Waals surface area contributed by atoms with E-state index in [1.807, 2.05) is 0 Å². The molecular formula is C24H31ClF6N4O6. The standard InChI is InChI=1S/C14H17F3N2O4.C9H9F3N2O2.CH4.ClH/c1-13(2,3)23-12(22)19-9(11(20)21)6-8-4-5-10(18-7-8)14(15,16)17;10-9(11,12)7-2-1-5(4-14-7)3-6(13)8(15)16;;/h4-5,7,9H,6H2,1-3H3,(H,19,22)(H,20,21);1-2,4,6H,3,13H2,(H,15,16);1H4;1H/t9-;6-;;/m11../s1. The van der Waals surface area contributed by atoms with Gasteiger partial charge in [-0.05, 0) is 50.5 Å². The fourth-order valence-corrected chi connectivity index (χ4v) is 2.65. The van der Waals surface area contributed by atoms with Crippen LogP contribution in [0.2, 0.25) is 0 Å². The minimum Gasteiger partial charge on any atom is -0.480 e. The van der Waals surface area contributed by atoms with E-state index in [9.17, 15) is 40.7 Å². The highest BCUT2D eigenvalue weighted by molar-refractivity contribution is 5.85. The predicted octanol–water partition coefficient (Wildman–Crippen LogP) is 4.73. The van der Waals surface area contributed by atoms with Crippen molar-refractivity contribution < 1.29 is 55.7 Å². The van der Waals surface area contributed by atoms with Crippen LogP contribution in [0.3, 0.4) is 0 Å². The van der Waals surface area contributed by atoms with Gasteiger partial charge in [0.05, 0.1) is 0 Å². The van der Waals surface area contributed by atoms with Gasteiger partial charge in [-0.1, -0.05) is 19.6 Å². The molecule has 0 saturated carbocycles. The number of nitrogens with two attached hydrogens (primary N) is 1. The minimum absolute atomic E-state index is 0. The Kier molecular flexibility index (Phi) is 15.4. The highest BCUT2D eigenvalue weighted by Gasteiger charge is 2.33. The van der Waals surface area contributed by atoms with Crippen LogP contribution in [0.25, 0.3) is 0 Å². The van der Waals surface area contributed by atoms with E-state index in [2.05, 4.69) is 15.3 Å². The number of amides is 1. The summed E-state index contributed by atoms with van der Waals surface area (Å²) in [6, 6.07) is 1.34. The second kappa shape index (κ2) is 16.0. The Morgan fingerprint density at radius 3 is 1.56 bits per heavy atom. The summed E-state index contributed by atoms with van der Waals surface area (Å²) in [5, 5.41) is 19.8. The zero-order chi connectivity index (χ0) is 30.2. The first-order chi connectivity index (χ1) is 17.7. The second-order valence-corrected chi connectivity index (χ2v) is 8.99. The van der Waals surface area contributed by atoms with Gasteiger partial charge in [-0.3, -0.25) is 14.8 Å². The van der Waals surface area contributed by atoms with Gasteiger partial charge in [0.2, 0.25) is 0 Å². The van der Waals surface area contributed by atoms with Gasteiger partial charge in [-0.15, -0.1) is 12.4 Å². The average molecular weight is 621 g/mol. The number of carbonyl (C=O) groups is 3. The molecule has 2 aromatic rings. The van der Waals surface area contributed by atoms with Crippen LogP contribution < -0.4 is 11.1 Å². The highest BCUT2D eigenvalue weighted by atomic mass is 35.5. The molecule has 0 saturated heterocycles. The topological polar surface area (TPSA) is 165 Å². The number of hydrogen-bond acceptors (Lipinski definition) is 7. The first kappa shape index (κ1) is 39.5. The van der Waals surface area contributed by atoms with Gasteiger partial charge in [0, 0.05) is 18.8 Å². The van der Waals surface area contributed by atoms with E-state index in [0.29, 0.717) is 5.56 Å². The number of halogens is 7. The number of ether oxygens (including phenoxy) is 1. The summed E-state index contributed by atoms with van der Waals surface area (Å²) in [5.41, 5.74) is 2.92. The first-order valence-corrected chi connectivity index (χ1v) is 10.9. The summed E-state index contributed by atoms with van der Waals surface area (Å²) in [7, 11) is 0. The monoisotopic (exact) mass is 620 g/mol. The lowest BCUT2D eigenvalue weighted by atomic mass is 10.1. The molecule has 0 aliphatic heterocycles. The number of alkyl halides is 6. The third kappa shape index (κ3) is 15.1. The molecule has 0 unspecified atom stereocenters. The third-order valence-corrected chi connectivity index (χ3v) is 4.43. The molecule has 17 heteroatoms. The summed E-state index contributed by atoms with van der Waals surface area (Å²) in [6.07, 6.45) is -8.36. The summed E-state index contributed by atoms with van der Waals surface area (Å²) in [5.74, 6) is -2.55. The zero-order valence-electron chi connectivity index (χ0n) is 21.2. The number of nitrogens with one attached hydrogen (secondary N) is 1. The quantitative estimate of drug-likeness (QED) is 0.320. The molecular weight excluding hydrogens is 590 g/mol. The minimum atomic E-state index is -4.57. The molecule has 2 rings (SSSR count). The van der Waals surface area contributed by atoms with Gasteiger partial charge in [-0.25, -0.2) is 9.59 Å². The number of nitrogens with zero attached hydrogens (tertiary/aromatic N) is 2. The molecule has 0 aliphatic rings. The Balaban J connectivity index is 0. The summed E-state index contributed by atoms with van der Waals surface area (Å²) < 4.78 is 78.6. The van der Waals surface area contributed by atoms with Gasteiger partial charge < -0.3 is 26.0 Å². The van der Waals surface area contributed by atoms with Crippen LogP contribution in [0.5, 0.6) is 0 Å². The summed E-state index contributed by atoms with van der Waals surface area (Å²) in [6.45, 7) is 4.84. The Bertz CT molecular complexity index is 1120. The van der Waals surface area contributed by atoms with Crippen molar-refractivity contribution in [1.82, 2.24) is 15.3 Å².